The molecule has 1 amide bonds. The molecule has 1 saturated heterocycles. The van der Waals surface area contributed by atoms with Gasteiger partial charge in [0.05, 0.1) is 0 Å². The van der Waals surface area contributed by atoms with Gasteiger partial charge in [0, 0.05) is 37.3 Å². The number of piperidine rings is 1. The number of anilines is 1. The van der Waals surface area contributed by atoms with Crippen LogP contribution in [0.4, 0.5) is 5.69 Å². The van der Waals surface area contributed by atoms with E-state index in [1.807, 2.05) is 24.3 Å². The van der Waals surface area contributed by atoms with Crippen LogP contribution >= 0.6 is 0 Å². The lowest BCUT2D eigenvalue weighted by atomic mass is 9.95. The van der Waals surface area contributed by atoms with Gasteiger partial charge >= 0.3 is 0 Å². The zero-order chi connectivity index (χ0) is 19.1. The summed E-state index contributed by atoms with van der Waals surface area (Å²) in [4.78, 5) is 13.8. The predicted molar refractivity (Wildman–Crippen MR) is 109 cm³/mol. The first kappa shape index (κ1) is 22.8. The Bertz CT molecular complexity index is 553. The van der Waals surface area contributed by atoms with Crippen molar-refractivity contribution in [1.29, 1.82) is 5.41 Å². The average Bonchev–Trinajstić information content (AvgIpc) is 2.63. The maximum atomic E-state index is 11.5. The van der Waals surface area contributed by atoms with Gasteiger partial charge < -0.3 is 15.6 Å². The summed E-state index contributed by atoms with van der Waals surface area (Å²) in [5, 5.41) is 8.70. The van der Waals surface area contributed by atoms with E-state index >= 15 is 0 Å². The molecule has 1 aromatic rings. The zero-order valence-corrected chi connectivity index (χ0v) is 15.9. The molecule has 5 heteroatoms. The fraction of sp³-hybridized carbons (Fsp3) is 0.500. The van der Waals surface area contributed by atoms with E-state index < -0.39 is 0 Å². The summed E-state index contributed by atoms with van der Waals surface area (Å²) >= 11 is 0. The minimum absolute atomic E-state index is 0.0523. The number of nitrogens with zero attached hydrogens (tertiary/aromatic N) is 1. The lowest BCUT2D eigenvalue weighted by molar-refractivity contribution is 0.0963. The Balaban J connectivity index is 0.000000844. The molecule has 1 heterocycles. The highest BCUT2D eigenvalue weighted by molar-refractivity contribution is 6.22. The molecule has 0 saturated carbocycles. The molecule has 1 aromatic carbocycles. The van der Waals surface area contributed by atoms with Crippen LogP contribution in [0.2, 0.25) is 0 Å². The number of benzene rings is 1. The van der Waals surface area contributed by atoms with Crippen molar-refractivity contribution in [2.45, 2.75) is 40.0 Å². The molecule has 2 rings (SSSR count). The topological polar surface area (TPSA) is 56.2 Å². The molecule has 4 nitrogen and oxygen atoms in total. The van der Waals surface area contributed by atoms with Gasteiger partial charge in [0.15, 0.2) is 7.85 Å². The number of carbonyl (C=O) groups excluding carboxylic acids is 1. The lowest BCUT2D eigenvalue weighted by Gasteiger charge is -2.31. The van der Waals surface area contributed by atoms with E-state index in [1.165, 1.54) is 12.6 Å². The molecule has 0 aliphatic carbocycles. The maximum absolute atomic E-state index is 11.5. The minimum atomic E-state index is -0.0523. The van der Waals surface area contributed by atoms with Gasteiger partial charge in [-0.05, 0) is 50.2 Å². The first-order valence-electron chi connectivity index (χ1n) is 8.81. The Hall–Kier alpha value is -2.22. The number of hydrogen-bond acceptors (Lipinski definition) is 3. The van der Waals surface area contributed by atoms with Crippen LogP contribution in [0.5, 0.6) is 0 Å². The van der Waals surface area contributed by atoms with Gasteiger partial charge in [0.2, 0.25) is 0 Å². The molecule has 1 aliphatic heterocycles. The molecular weight excluding hydrogens is 309 g/mol. The van der Waals surface area contributed by atoms with Crippen molar-refractivity contribution in [3.05, 3.63) is 29.8 Å². The number of nitrogens with one attached hydrogen (secondary N) is 2. The van der Waals surface area contributed by atoms with Gasteiger partial charge in [-0.1, -0.05) is 20.3 Å². The summed E-state index contributed by atoms with van der Waals surface area (Å²) in [5.74, 6) is 5.91. The highest BCUT2D eigenvalue weighted by Crippen LogP contribution is 2.23. The van der Waals surface area contributed by atoms with Gasteiger partial charge in [-0.25, -0.2) is 0 Å². The molecule has 0 bridgehead atoms. The molecule has 0 unspecified atom stereocenters. The summed E-state index contributed by atoms with van der Waals surface area (Å²) in [6.45, 7) is 7.89. The number of carbonyl (C=O) groups is 1. The van der Waals surface area contributed by atoms with Crippen molar-refractivity contribution < 1.29 is 4.79 Å². The molecule has 2 radical (unpaired) electrons. The van der Waals surface area contributed by atoms with Crippen molar-refractivity contribution >= 4 is 25.7 Å². The summed E-state index contributed by atoms with van der Waals surface area (Å²) in [6.07, 6.45) is 4.59. The van der Waals surface area contributed by atoms with Gasteiger partial charge in [-0.3, -0.25) is 4.79 Å². The standard InChI is InChI=1S/C15H17BN2O.C3H8.C2H5N/c1-17-15(19)13-2-4-14(5-3-13)18-10-7-12(6-9-16)8-11-18;1-3-2;1-2-3/h2-5,12H,7-8,10-11H2,1H3,(H,17,19);3H2,1-2H3;2-3H,1H3. The quantitative estimate of drug-likeness (QED) is 0.492. The Morgan fingerprint density at radius 2 is 1.80 bits per heavy atom. The molecular formula is C20H30BN3O. The molecule has 25 heavy (non-hydrogen) atoms. The third-order valence-corrected chi connectivity index (χ3v) is 3.50. The monoisotopic (exact) mass is 339 g/mol. The maximum Gasteiger partial charge on any atom is 0.251 e. The fourth-order valence-corrected chi connectivity index (χ4v) is 2.37. The van der Waals surface area contributed by atoms with E-state index in [-0.39, 0.29) is 5.91 Å². The third kappa shape index (κ3) is 9.00. The predicted octanol–water partition coefficient (Wildman–Crippen LogP) is 3.46. The Labute approximate surface area is 154 Å². The molecule has 0 atom stereocenters. The average molecular weight is 339 g/mol. The van der Waals surface area contributed by atoms with E-state index in [1.54, 1.807) is 14.0 Å². The molecule has 0 aromatic heterocycles. The normalized spacial score (nSPS) is 13.0. The van der Waals surface area contributed by atoms with Crippen LogP contribution in [-0.2, 0) is 0 Å². The van der Waals surface area contributed by atoms with Crippen LogP contribution in [-0.4, -0.2) is 40.1 Å². The molecule has 0 spiro atoms. The van der Waals surface area contributed by atoms with Crippen LogP contribution in [0, 0.1) is 23.1 Å². The van der Waals surface area contributed by atoms with E-state index in [4.69, 9.17) is 13.3 Å². The minimum Gasteiger partial charge on any atom is -0.371 e. The Morgan fingerprint density at radius 1 is 1.32 bits per heavy atom. The van der Waals surface area contributed by atoms with Crippen molar-refractivity contribution in [3.63, 3.8) is 0 Å². The smallest absolute Gasteiger partial charge is 0.251 e. The first-order valence-corrected chi connectivity index (χ1v) is 8.81. The molecule has 1 fully saturated rings. The summed E-state index contributed by atoms with van der Waals surface area (Å²) in [7, 11) is 6.89. The van der Waals surface area contributed by atoms with Crippen LogP contribution in [0.15, 0.2) is 24.3 Å². The van der Waals surface area contributed by atoms with E-state index in [0.29, 0.717) is 11.5 Å². The van der Waals surface area contributed by atoms with Gasteiger partial charge in [-0.15, -0.1) is 5.92 Å². The van der Waals surface area contributed by atoms with Gasteiger partial charge in [0.25, 0.3) is 5.91 Å². The van der Waals surface area contributed by atoms with E-state index in [2.05, 4.69) is 35.8 Å². The molecule has 1 aliphatic rings. The van der Waals surface area contributed by atoms with Gasteiger partial charge in [-0.2, -0.15) is 5.82 Å². The number of hydrogen-bond donors (Lipinski definition) is 2. The molecule has 134 valence electrons. The van der Waals surface area contributed by atoms with Crippen LogP contribution in [0.1, 0.15) is 50.4 Å². The SMILES string of the molecule is CC=N.CCC.[B]C#CC1CCN(c2ccc(C(=O)NC)cc2)CC1. The van der Waals surface area contributed by atoms with E-state index in [9.17, 15) is 4.79 Å². The number of amides is 1. The van der Waals surface area contributed by atoms with Crippen molar-refractivity contribution in [1.82, 2.24) is 5.32 Å². The number of rotatable bonds is 2. The summed E-state index contributed by atoms with van der Waals surface area (Å²) in [5.41, 5.74) is 1.85. The van der Waals surface area contributed by atoms with Crippen LogP contribution in [0.25, 0.3) is 0 Å². The Kier molecular flexibility index (Phi) is 12.9. The van der Waals surface area contributed by atoms with Crippen LogP contribution < -0.4 is 10.2 Å². The largest absolute Gasteiger partial charge is 0.371 e. The summed E-state index contributed by atoms with van der Waals surface area (Å²) < 4.78 is 0. The lowest BCUT2D eigenvalue weighted by Crippen LogP contribution is -2.33. The van der Waals surface area contributed by atoms with Crippen LogP contribution in [0.3, 0.4) is 0 Å². The Morgan fingerprint density at radius 3 is 2.20 bits per heavy atom. The third-order valence-electron chi connectivity index (χ3n) is 3.50. The van der Waals surface area contributed by atoms with Crippen molar-refractivity contribution in [2.24, 2.45) is 5.92 Å². The fourth-order valence-electron chi connectivity index (χ4n) is 2.37. The highest BCUT2D eigenvalue weighted by atomic mass is 16.1. The second kappa shape index (κ2) is 14.2. The second-order valence-electron chi connectivity index (χ2n) is 5.67. The first-order chi connectivity index (χ1) is 12.1. The highest BCUT2D eigenvalue weighted by Gasteiger charge is 2.17. The molecule has 2 N–H and O–H groups in total. The second-order valence-corrected chi connectivity index (χ2v) is 5.67. The van der Waals surface area contributed by atoms with Gasteiger partial charge in [0.1, 0.15) is 0 Å². The summed E-state index contributed by atoms with van der Waals surface area (Å²) in [6, 6.07) is 7.72. The van der Waals surface area contributed by atoms with Crippen molar-refractivity contribution in [2.75, 3.05) is 25.0 Å². The van der Waals surface area contributed by atoms with Crippen molar-refractivity contribution in [3.8, 4) is 11.7 Å². The van der Waals surface area contributed by atoms with E-state index in [0.717, 1.165) is 31.6 Å². The zero-order valence-electron chi connectivity index (χ0n) is 15.9.